The molecule has 8 heavy (non-hydrogen) atoms. The number of nitrogens with two attached hydrogens (primary N) is 1. The molecule has 0 bridgehead atoms. The molecule has 0 radical (unpaired) electrons. The molecule has 0 heterocycles. The van der Waals surface area contributed by atoms with Gasteiger partial charge in [-0.05, 0) is 0 Å². The second-order valence-electron chi connectivity index (χ2n) is 1.58. The molecule has 0 spiro atoms. The van der Waals surface area contributed by atoms with Gasteiger partial charge >= 0.3 is 0 Å². The van der Waals surface area contributed by atoms with E-state index in [1.54, 1.807) is 19.3 Å². The van der Waals surface area contributed by atoms with Gasteiger partial charge in [0.2, 0.25) is 0 Å². The number of aliphatic imine (C=N–C) groups is 1. The van der Waals surface area contributed by atoms with Crippen LogP contribution in [0.1, 0.15) is 6.42 Å². The molecule has 1 unspecified atom stereocenters. The molecule has 0 aliphatic rings. The first-order valence-corrected chi connectivity index (χ1v) is 2.60. The molecule has 0 aliphatic carbocycles. The zero-order valence-electron chi connectivity index (χ0n) is 5.17. The Bertz CT molecular complexity index is 86.5. The third-order valence-corrected chi connectivity index (χ3v) is 0.863. The summed E-state index contributed by atoms with van der Waals surface area (Å²) in [6.07, 6.45) is 4.29. The standard InChI is InChI=1S/C6H12N2/c1-3-6(7)4-5-8-2/h3,5-6H,1,4,7H2,2H3. The van der Waals surface area contributed by atoms with Crippen molar-refractivity contribution in [3.05, 3.63) is 12.7 Å². The van der Waals surface area contributed by atoms with Crippen molar-refractivity contribution in [3.8, 4) is 0 Å². The van der Waals surface area contributed by atoms with E-state index in [2.05, 4.69) is 11.6 Å². The average molecular weight is 112 g/mol. The highest BCUT2D eigenvalue weighted by atomic mass is 14.7. The van der Waals surface area contributed by atoms with Crippen LogP contribution in [0.5, 0.6) is 0 Å². The summed E-state index contributed by atoms with van der Waals surface area (Å²) >= 11 is 0. The smallest absolute Gasteiger partial charge is 0.0273 e. The molecule has 0 amide bonds. The highest BCUT2D eigenvalue weighted by molar-refractivity contribution is 5.58. The van der Waals surface area contributed by atoms with E-state index in [0.29, 0.717) is 0 Å². The van der Waals surface area contributed by atoms with Gasteiger partial charge in [0.25, 0.3) is 0 Å². The van der Waals surface area contributed by atoms with Crippen LogP contribution in [0.2, 0.25) is 0 Å². The first-order chi connectivity index (χ1) is 3.81. The van der Waals surface area contributed by atoms with E-state index < -0.39 is 0 Å². The summed E-state index contributed by atoms with van der Waals surface area (Å²) in [4.78, 5) is 3.77. The quantitative estimate of drug-likeness (QED) is 0.421. The number of rotatable bonds is 3. The van der Waals surface area contributed by atoms with Gasteiger partial charge in [-0.25, -0.2) is 0 Å². The van der Waals surface area contributed by atoms with Crippen molar-refractivity contribution < 1.29 is 0 Å². The highest BCUT2D eigenvalue weighted by Gasteiger charge is 1.88. The summed E-state index contributed by atoms with van der Waals surface area (Å²) in [6.45, 7) is 3.53. The van der Waals surface area contributed by atoms with Crippen molar-refractivity contribution >= 4 is 6.21 Å². The lowest BCUT2D eigenvalue weighted by Crippen LogP contribution is -2.16. The predicted molar refractivity (Wildman–Crippen MR) is 37.2 cm³/mol. The van der Waals surface area contributed by atoms with Crippen molar-refractivity contribution in [1.82, 2.24) is 0 Å². The van der Waals surface area contributed by atoms with Crippen LogP contribution in [0.4, 0.5) is 0 Å². The van der Waals surface area contributed by atoms with Gasteiger partial charge in [-0.3, -0.25) is 0 Å². The zero-order valence-corrected chi connectivity index (χ0v) is 5.17. The molecular formula is C6H12N2. The molecular weight excluding hydrogens is 100 g/mol. The number of hydrogen-bond donors (Lipinski definition) is 1. The van der Waals surface area contributed by atoms with Crippen LogP contribution >= 0.6 is 0 Å². The Morgan fingerprint density at radius 2 is 2.50 bits per heavy atom. The molecule has 2 heteroatoms. The minimum absolute atomic E-state index is 0.0682. The minimum atomic E-state index is 0.0682. The van der Waals surface area contributed by atoms with Crippen molar-refractivity contribution in [2.75, 3.05) is 7.05 Å². The number of nitrogens with zero attached hydrogens (tertiary/aromatic N) is 1. The largest absolute Gasteiger partial charge is 0.324 e. The third-order valence-electron chi connectivity index (χ3n) is 0.863. The van der Waals surface area contributed by atoms with Crippen LogP contribution in [0.15, 0.2) is 17.6 Å². The maximum atomic E-state index is 5.45. The van der Waals surface area contributed by atoms with Gasteiger partial charge < -0.3 is 10.7 Å². The van der Waals surface area contributed by atoms with E-state index in [4.69, 9.17) is 5.73 Å². The van der Waals surface area contributed by atoms with Gasteiger partial charge in [0.15, 0.2) is 0 Å². The molecule has 0 aromatic heterocycles. The lowest BCUT2D eigenvalue weighted by molar-refractivity contribution is 0.871. The fourth-order valence-corrected chi connectivity index (χ4v) is 0.323. The Morgan fingerprint density at radius 1 is 1.88 bits per heavy atom. The fraction of sp³-hybridized carbons (Fsp3) is 0.500. The summed E-state index contributed by atoms with van der Waals surface area (Å²) in [6, 6.07) is 0.0682. The van der Waals surface area contributed by atoms with E-state index in [1.807, 2.05) is 0 Å². The molecule has 0 aliphatic heterocycles. The Labute approximate surface area is 50.1 Å². The van der Waals surface area contributed by atoms with Gasteiger partial charge in [0.1, 0.15) is 0 Å². The van der Waals surface area contributed by atoms with Gasteiger partial charge in [-0.1, -0.05) is 6.08 Å². The molecule has 0 aromatic rings. The Hall–Kier alpha value is -0.630. The van der Waals surface area contributed by atoms with E-state index in [0.717, 1.165) is 6.42 Å². The molecule has 0 rings (SSSR count). The Morgan fingerprint density at radius 3 is 2.88 bits per heavy atom. The van der Waals surface area contributed by atoms with Crippen LogP contribution in [0.25, 0.3) is 0 Å². The lowest BCUT2D eigenvalue weighted by atomic mass is 10.2. The summed E-state index contributed by atoms with van der Waals surface area (Å²) in [7, 11) is 1.73. The Balaban J connectivity index is 3.23. The minimum Gasteiger partial charge on any atom is -0.324 e. The van der Waals surface area contributed by atoms with Crippen LogP contribution in [-0.4, -0.2) is 19.3 Å². The molecule has 1 atom stereocenters. The zero-order chi connectivity index (χ0) is 6.41. The monoisotopic (exact) mass is 112 g/mol. The van der Waals surface area contributed by atoms with Crippen LogP contribution in [-0.2, 0) is 0 Å². The molecule has 0 fully saturated rings. The Kier molecular flexibility index (Phi) is 4.17. The van der Waals surface area contributed by atoms with Crippen molar-refractivity contribution in [2.24, 2.45) is 10.7 Å². The predicted octanol–water partition coefficient (Wildman–Crippen LogP) is 0.590. The van der Waals surface area contributed by atoms with Gasteiger partial charge in [0, 0.05) is 25.7 Å². The highest BCUT2D eigenvalue weighted by Crippen LogP contribution is 1.82. The number of hydrogen-bond acceptors (Lipinski definition) is 2. The van der Waals surface area contributed by atoms with E-state index >= 15 is 0 Å². The first kappa shape index (κ1) is 7.37. The summed E-state index contributed by atoms with van der Waals surface area (Å²) < 4.78 is 0. The summed E-state index contributed by atoms with van der Waals surface area (Å²) in [5, 5.41) is 0. The maximum absolute atomic E-state index is 5.45. The normalized spacial score (nSPS) is 14.2. The fourth-order valence-electron chi connectivity index (χ4n) is 0.323. The SMILES string of the molecule is C=CC(N)CC=NC. The van der Waals surface area contributed by atoms with E-state index in [-0.39, 0.29) is 6.04 Å². The van der Waals surface area contributed by atoms with Crippen molar-refractivity contribution in [3.63, 3.8) is 0 Å². The summed E-state index contributed by atoms with van der Waals surface area (Å²) in [5.74, 6) is 0. The molecule has 2 N–H and O–H groups in total. The molecule has 0 saturated heterocycles. The second kappa shape index (κ2) is 4.53. The van der Waals surface area contributed by atoms with Gasteiger partial charge in [-0.15, -0.1) is 6.58 Å². The molecule has 0 aromatic carbocycles. The average Bonchev–Trinajstić information content (AvgIpc) is 1.83. The van der Waals surface area contributed by atoms with E-state index in [9.17, 15) is 0 Å². The lowest BCUT2D eigenvalue weighted by Gasteiger charge is -1.96. The van der Waals surface area contributed by atoms with Gasteiger partial charge in [0.05, 0.1) is 0 Å². The van der Waals surface area contributed by atoms with E-state index in [1.165, 1.54) is 0 Å². The maximum Gasteiger partial charge on any atom is 0.0273 e. The van der Waals surface area contributed by atoms with Crippen LogP contribution < -0.4 is 5.73 Å². The van der Waals surface area contributed by atoms with Gasteiger partial charge in [-0.2, -0.15) is 0 Å². The van der Waals surface area contributed by atoms with Crippen LogP contribution in [0, 0.1) is 0 Å². The van der Waals surface area contributed by atoms with Crippen LogP contribution in [0.3, 0.4) is 0 Å². The topological polar surface area (TPSA) is 38.4 Å². The third kappa shape index (κ3) is 3.56. The van der Waals surface area contributed by atoms with Crippen molar-refractivity contribution in [2.45, 2.75) is 12.5 Å². The molecule has 46 valence electrons. The summed E-state index contributed by atoms with van der Waals surface area (Å²) in [5.41, 5.74) is 5.45. The first-order valence-electron chi connectivity index (χ1n) is 2.60. The molecule has 0 saturated carbocycles. The van der Waals surface area contributed by atoms with Crippen molar-refractivity contribution in [1.29, 1.82) is 0 Å². The molecule has 2 nitrogen and oxygen atoms in total. The second-order valence-corrected chi connectivity index (χ2v) is 1.58.